The molecule has 2 atom stereocenters. The number of amides is 2. The number of fused-ring (bicyclic) bond motifs is 1. The molecule has 1 aromatic rings. The number of unbranched alkanes of at least 4 members (excludes halogenated alkanes) is 1. The van der Waals surface area contributed by atoms with Gasteiger partial charge in [-0.3, -0.25) is 14.5 Å². The molecule has 0 aromatic heterocycles. The van der Waals surface area contributed by atoms with Crippen LogP contribution >= 0.6 is 0 Å². The molecule has 0 spiro atoms. The predicted octanol–water partition coefficient (Wildman–Crippen LogP) is 1.56. The number of ether oxygens (including phenoxy) is 1. The number of carboxylic acid groups (broad SMARTS) is 1. The van der Waals surface area contributed by atoms with Gasteiger partial charge < -0.3 is 15.2 Å². The summed E-state index contributed by atoms with van der Waals surface area (Å²) in [5.41, 5.74) is 0.510. The van der Waals surface area contributed by atoms with Crippen LogP contribution in [0.4, 0.5) is 5.69 Å². The highest BCUT2D eigenvalue weighted by Gasteiger charge is 2.33. The standard InChI is InChI=1S/C17H22N2O5/c1-3-4-7-12(17(22)23)18-15(20)10-19-13-8-5-6-9-14(13)24-11(2)16(19)21/h5-6,8-9,11-12H,3-4,7,10H2,1-2H3,(H,18,20)(H,22,23). The van der Waals surface area contributed by atoms with Crippen LogP contribution in [0.5, 0.6) is 5.75 Å². The molecule has 2 N–H and O–H groups in total. The number of aliphatic carboxylic acids is 1. The summed E-state index contributed by atoms with van der Waals surface area (Å²) in [4.78, 5) is 37.1. The summed E-state index contributed by atoms with van der Waals surface area (Å²) in [6.45, 7) is 3.33. The Hall–Kier alpha value is -2.57. The van der Waals surface area contributed by atoms with E-state index < -0.39 is 24.0 Å². The van der Waals surface area contributed by atoms with Crippen LogP contribution in [0.2, 0.25) is 0 Å². The van der Waals surface area contributed by atoms with Gasteiger partial charge in [0.1, 0.15) is 18.3 Å². The van der Waals surface area contributed by atoms with Crippen LogP contribution in [-0.4, -0.2) is 41.6 Å². The van der Waals surface area contributed by atoms with Crippen LogP contribution in [0.3, 0.4) is 0 Å². The average molecular weight is 334 g/mol. The normalized spacial score (nSPS) is 17.7. The van der Waals surface area contributed by atoms with Gasteiger partial charge in [-0.25, -0.2) is 4.79 Å². The number of carboxylic acids is 1. The summed E-state index contributed by atoms with van der Waals surface area (Å²) < 4.78 is 5.51. The summed E-state index contributed by atoms with van der Waals surface area (Å²) in [6.07, 6.45) is 1.21. The molecule has 2 rings (SSSR count). The van der Waals surface area contributed by atoms with Crippen molar-refractivity contribution in [2.45, 2.75) is 45.3 Å². The van der Waals surface area contributed by atoms with Crippen molar-refractivity contribution in [3.8, 4) is 5.75 Å². The molecule has 1 heterocycles. The summed E-state index contributed by atoms with van der Waals surface area (Å²) in [6, 6.07) is 6.01. The van der Waals surface area contributed by atoms with Crippen molar-refractivity contribution < 1.29 is 24.2 Å². The topological polar surface area (TPSA) is 95.9 Å². The second kappa shape index (κ2) is 7.81. The Morgan fingerprint density at radius 1 is 1.38 bits per heavy atom. The Morgan fingerprint density at radius 3 is 2.75 bits per heavy atom. The molecule has 24 heavy (non-hydrogen) atoms. The molecule has 0 bridgehead atoms. The van der Waals surface area contributed by atoms with E-state index in [-0.39, 0.29) is 12.5 Å². The highest BCUT2D eigenvalue weighted by molar-refractivity contribution is 6.04. The van der Waals surface area contributed by atoms with E-state index in [9.17, 15) is 19.5 Å². The predicted molar refractivity (Wildman–Crippen MR) is 88.0 cm³/mol. The zero-order chi connectivity index (χ0) is 17.7. The first-order chi connectivity index (χ1) is 11.4. The van der Waals surface area contributed by atoms with Crippen molar-refractivity contribution in [1.29, 1.82) is 0 Å². The highest BCUT2D eigenvalue weighted by atomic mass is 16.5. The van der Waals surface area contributed by atoms with Crippen molar-refractivity contribution in [3.63, 3.8) is 0 Å². The largest absolute Gasteiger partial charge is 0.480 e. The Morgan fingerprint density at radius 2 is 2.08 bits per heavy atom. The summed E-state index contributed by atoms with van der Waals surface area (Å²) in [7, 11) is 0. The number of para-hydroxylation sites is 2. The van der Waals surface area contributed by atoms with Crippen LogP contribution in [0.1, 0.15) is 33.1 Å². The molecule has 0 saturated heterocycles. The number of hydrogen-bond donors (Lipinski definition) is 2. The third-order valence-corrected chi connectivity index (χ3v) is 3.85. The van der Waals surface area contributed by atoms with E-state index in [4.69, 9.17) is 4.74 Å². The van der Waals surface area contributed by atoms with E-state index in [1.165, 1.54) is 4.90 Å². The second-order valence-electron chi connectivity index (χ2n) is 5.75. The maximum absolute atomic E-state index is 12.3. The molecule has 0 saturated carbocycles. The Balaban J connectivity index is 2.10. The van der Waals surface area contributed by atoms with Crippen LogP contribution in [-0.2, 0) is 14.4 Å². The van der Waals surface area contributed by atoms with E-state index in [2.05, 4.69) is 5.32 Å². The zero-order valence-corrected chi connectivity index (χ0v) is 13.8. The fraction of sp³-hybridized carbons (Fsp3) is 0.471. The number of nitrogens with one attached hydrogen (secondary N) is 1. The first-order valence-corrected chi connectivity index (χ1v) is 8.03. The molecule has 1 aromatic carbocycles. The summed E-state index contributed by atoms with van der Waals surface area (Å²) in [5.74, 6) is -1.38. The van der Waals surface area contributed by atoms with Gasteiger partial charge in [0.2, 0.25) is 5.91 Å². The molecule has 2 amide bonds. The minimum atomic E-state index is -1.07. The molecular formula is C17H22N2O5. The van der Waals surface area contributed by atoms with Crippen molar-refractivity contribution in [1.82, 2.24) is 5.32 Å². The van der Waals surface area contributed by atoms with Gasteiger partial charge in [-0.2, -0.15) is 0 Å². The number of benzene rings is 1. The van der Waals surface area contributed by atoms with Gasteiger partial charge in [0.25, 0.3) is 5.91 Å². The lowest BCUT2D eigenvalue weighted by Crippen LogP contribution is -2.51. The molecule has 0 fully saturated rings. The lowest BCUT2D eigenvalue weighted by Gasteiger charge is -2.32. The third kappa shape index (κ3) is 4.04. The number of anilines is 1. The maximum Gasteiger partial charge on any atom is 0.326 e. The summed E-state index contributed by atoms with van der Waals surface area (Å²) >= 11 is 0. The van der Waals surface area contributed by atoms with Gasteiger partial charge in [-0.15, -0.1) is 0 Å². The molecule has 7 heteroatoms. The number of rotatable bonds is 7. The minimum Gasteiger partial charge on any atom is -0.480 e. The third-order valence-electron chi connectivity index (χ3n) is 3.85. The Labute approximate surface area is 140 Å². The van der Waals surface area contributed by atoms with Gasteiger partial charge in [-0.1, -0.05) is 31.9 Å². The van der Waals surface area contributed by atoms with Crippen molar-refractivity contribution >= 4 is 23.5 Å². The van der Waals surface area contributed by atoms with Crippen LogP contribution < -0.4 is 15.0 Å². The first kappa shape index (κ1) is 17.8. The van der Waals surface area contributed by atoms with Gasteiger partial charge in [-0.05, 0) is 25.5 Å². The smallest absolute Gasteiger partial charge is 0.326 e. The van der Waals surface area contributed by atoms with Gasteiger partial charge in [0, 0.05) is 0 Å². The number of hydrogen-bond acceptors (Lipinski definition) is 4. The summed E-state index contributed by atoms with van der Waals surface area (Å²) in [5, 5.41) is 11.7. The van der Waals surface area contributed by atoms with Gasteiger partial charge >= 0.3 is 5.97 Å². The van der Waals surface area contributed by atoms with Crippen LogP contribution in [0.15, 0.2) is 24.3 Å². The molecule has 2 unspecified atom stereocenters. The molecule has 7 nitrogen and oxygen atoms in total. The molecule has 0 aliphatic carbocycles. The zero-order valence-electron chi connectivity index (χ0n) is 13.8. The van der Waals surface area contributed by atoms with E-state index in [0.717, 1.165) is 6.42 Å². The average Bonchev–Trinajstić information content (AvgIpc) is 2.55. The highest BCUT2D eigenvalue weighted by Crippen LogP contribution is 2.33. The first-order valence-electron chi connectivity index (χ1n) is 8.03. The lowest BCUT2D eigenvalue weighted by molar-refractivity contribution is -0.141. The lowest BCUT2D eigenvalue weighted by atomic mass is 10.1. The molecule has 130 valence electrons. The fourth-order valence-electron chi connectivity index (χ4n) is 2.57. The van der Waals surface area contributed by atoms with E-state index in [1.54, 1.807) is 31.2 Å². The molecule has 1 aliphatic heterocycles. The van der Waals surface area contributed by atoms with Crippen molar-refractivity contribution in [2.24, 2.45) is 0 Å². The fourth-order valence-corrected chi connectivity index (χ4v) is 2.57. The SMILES string of the molecule is CCCCC(NC(=O)CN1C(=O)C(C)Oc2ccccc21)C(=O)O. The monoisotopic (exact) mass is 334 g/mol. The van der Waals surface area contributed by atoms with Crippen LogP contribution in [0.25, 0.3) is 0 Å². The van der Waals surface area contributed by atoms with Gasteiger partial charge in [0.05, 0.1) is 5.69 Å². The molecule has 1 aliphatic rings. The van der Waals surface area contributed by atoms with Crippen molar-refractivity contribution in [3.05, 3.63) is 24.3 Å². The van der Waals surface area contributed by atoms with E-state index in [1.807, 2.05) is 6.92 Å². The maximum atomic E-state index is 12.3. The Kier molecular flexibility index (Phi) is 5.78. The number of nitrogens with zero attached hydrogens (tertiary/aromatic N) is 1. The minimum absolute atomic E-state index is 0.237. The number of carbonyl (C=O) groups excluding carboxylic acids is 2. The van der Waals surface area contributed by atoms with E-state index in [0.29, 0.717) is 24.3 Å². The molecular weight excluding hydrogens is 312 g/mol. The van der Waals surface area contributed by atoms with E-state index >= 15 is 0 Å². The van der Waals surface area contributed by atoms with Crippen LogP contribution in [0, 0.1) is 0 Å². The second-order valence-corrected chi connectivity index (χ2v) is 5.75. The Bertz CT molecular complexity index is 631. The quantitative estimate of drug-likeness (QED) is 0.789. The van der Waals surface area contributed by atoms with Gasteiger partial charge in [0.15, 0.2) is 6.10 Å². The van der Waals surface area contributed by atoms with Crippen molar-refractivity contribution in [2.75, 3.05) is 11.4 Å². The molecule has 0 radical (unpaired) electrons. The number of carbonyl (C=O) groups is 3.